The van der Waals surface area contributed by atoms with E-state index in [0.29, 0.717) is 12.0 Å². The lowest BCUT2D eigenvalue weighted by atomic mass is 9.50. The third-order valence-corrected chi connectivity index (χ3v) is 6.50. The van der Waals surface area contributed by atoms with Crippen LogP contribution in [0.1, 0.15) is 87.7 Å². The molecule has 4 heteroatoms. The van der Waals surface area contributed by atoms with Crippen molar-refractivity contribution in [1.29, 1.82) is 0 Å². The Morgan fingerprint density at radius 3 is 2.21 bits per heavy atom. The summed E-state index contributed by atoms with van der Waals surface area (Å²) in [6, 6.07) is 0. The zero-order valence-electron chi connectivity index (χ0n) is 15.2. The smallest absolute Gasteiger partial charge is 0.167 e. The minimum atomic E-state index is -0.417. The largest absolute Gasteiger partial charge is 0.507 e. The summed E-state index contributed by atoms with van der Waals surface area (Å²) in [5.74, 6) is -0.875. The van der Waals surface area contributed by atoms with Gasteiger partial charge < -0.3 is 15.3 Å². The van der Waals surface area contributed by atoms with Crippen LogP contribution in [0.5, 0.6) is 17.2 Å². The molecule has 0 saturated heterocycles. The number of carbonyl (C=O) groups excluding carboxylic acids is 1. The summed E-state index contributed by atoms with van der Waals surface area (Å²) in [6.07, 6.45) is 3.26. The van der Waals surface area contributed by atoms with Crippen LogP contribution in [-0.2, 0) is 5.41 Å². The normalized spacial score (nSPS) is 28.6. The first-order chi connectivity index (χ1) is 11.0. The van der Waals surface area contributed by atoms with Gasteiger partial charge >= 0.3 is 0 Å². The van der Waals surface area contributed by atoms with Gasteiger partial charge in [0.25, 0.3) is 0 Å². The molecule has 3 N–H and O–H groups in total. The Hall–Kier alpha value is -1.71. The highest BCUT2D eigenvalue weighted by Crippen LogP contribution is 2.62. The molecule has 0 spiro atoms. The Kier molecular flexibility index (Phi) is 3.67. The minimum absolute atomic E-state index is 0.0191. The topological polar surface area (TPSA) is 77.8 Å². The van der Waals surface area contributed by atoms with Crippen LogP contribution in [0.4, 0.5) is 0 Å². The van der Waals surface area contributed by atoms with E-state index in [9.17, 15) is 20.1 Å². The summed E-state index contributed by atoms with van der Waals surface area (Å²) in [5.41, 5.74) is 0.506. The van der Waals surface area contributed by atoms with Crippen LogP contribution < -0.4 is 0 Å². The minimum Gasteiger partial charge on any atom is -0.507 e. The fraction of sp³-hybridized carbons (Fsp3) is 0.650. The summed E-state index contributed by atoms with van der Waals surface area (Å²) < 4.78 is 0. The second kappa shape index (κ2) is 5.14. The van der Waals surface area contributed by atoms with E-state index in [1.54, 1.807) is 0 Å². The van der Waals surface area contributed by atoms with E-state index in [4.69, 9.17) is 0 Å². The molecule has 0 heterocycles. The van der Waals surface area contributed by atoms with Crippen LogP contribution in [0, 0.1) is 11.3 Å². The molecule has 0 bridgehead atoms. The summed E-state index contributed by atoms with van der Waals surface area (Å²) in [7, 11) is 0. The molecule has 3 rings (SSSR count). The highest BCUT2D eigenvalue weighted by atomic mass is 16.3. The number of benzene rings is 1. The maximum absolute atomic E-state index is 12.9. The zero-order valence-corrected chi connectivity index (χ0v) is 15.2. The van der Waals surface area contributed by atoms with E-state index in [1.807, 2.05) is 13.8 Å². The van der Waals surface area contributed by atoms with Crippen molar-refractivity contribution >= 4 is 5.78 Å². The van der Waals surface area contributed by atoms with E-state index in [1.165, 1.54) is 0 Å². The SMILES string of the molecule is CC(C)c1c(O)c(O)c2c(c1O)C(=O)CC1C(C)(C)CCC[C@]21C. The number of hydrogen-bond donors (Lipinski definition) is 3. The molecule has 24 heavy (non-hydrogen) atoms. The predicted molar refractivity (Wildman–Crippen MR) is 92.9 cm³/mol. The lowest BCUT2D eigenvalue weighted by Gasteiger charge is -2.54. The van der Waals surface area contributed by atoms with Crippen molar-refractivity contribution in [2.24, 2.45) is 11.3 Å². The van der Waals surface area contributed by atoms with Crippen molar-refractivity contribution in [3.05, 3.63) is 16.7 Å². The molecule has 4 nitrogen and oxygen atoms in total. The monoisotopic (exact) mass is 332 g/mol. The molecule has 1 fully saturated rings. The van der Waals surface area contributed by atoms with Gasteiger partial charge in [0, 0.05) is 23.0 Å². The molecular weight excluding hydrogens is 304 g/mol. The number of rotatable bonds is 1. The van der Waals surface area contributed by atoms with Gasteiger partial charge in [0.1, 0.15) is 5.75 Å². The van der Waals surface area contributed by atoms with Gasteiger partial charge in [0.2, 0.25) is 0 Å². The maximum Gasteiger partial charge on any atom is 0.167 e. The quantitative estimate of drug-likeness (QED) is 0.519. The zero-order chi connectivity index (χ0) is 18.0. The summed E-state index contributed by atoms with van der Waals surface area (Å²) >= 11 is 0. The number of phenolic OH excluding ortho intramolecular Hbond substituents is 3. The van der Waals surface area contributed by atoms with Gasteiger partial charge in [0.05, 0.1) is 5.56 Å². The fourth-order valence-corrected chi connectivity index (χ4v) is 5.31. The highest BCUT2D eigenvalue weighted by Gasteiger charge is 2.54. The molecule has 0 radical (unpaired) electrons. The Balaban J connectivity index is 2.36. The number of phenols is 3. The summed E-state index contributed by atoms with van der Waals surface area (Å²) in [5, 5.41) is 32.0. The molecule has 132 valence electrons. The van der Waals surface area contributed by atoms with Crippen molar-refractivity contribution in [2.75, 3.05) is 0 Å². The molecule has 1 unspecified atom stereocenters. The Morgan fingerprint density at radius 2 is 1.62 bits per heavy atom. The first kappa shape index (κ1) is 17.1. The Bertz CT molecular complexity index is 717. The number of ketones is 1. The number of hydrogen-bond acceptors (Lipinski definition) is 4. The van der Waals surface area contributed by atoms with E-state index < -0.39 is 5.41 Å². The third-order valence-electron chi connectivity index (χ3n) is 6.50. The fourth-order valence-electron chi connectivity index (χ4n) is 5.31. The van der Waals surface area contributed by atoms with Gasteiger partial charge in [-0.05, 0) is 30.1 Å². The van der Waals surface area contributed by atoms with Gasteiger partial charge in [-0.1, -0.05) is 41.0 Å². The number of fused-ring (bicyclic) bond motifs is 3. The van der Waals surface area contributed by atoms with E-state index in [0.717, 1.165) is 19.3 Å². The standard InChI is InChI=1S/C20H28O4/c1-10(2)13-16(22)14-11(21)9-12-19(3,4)7-6-8-20(12,5)15(14)18(24)17(13)23/h10,12,22-24H,6-9H2,1-5H3/t12?,20-/m0/s1. The number of aromatic hydroxyl groups is 3. The summed E-state index contributed by atoms with van der Waals surface area (Å²) in [4.78, 5) is 12.9. The lowest BCUT2D eigenvalue weighted by molar-refractivity contribution is 0.0350. The molecule has 1 aromatic carbocycles. The van der Waals surface area contributed by atoms with Gasteiger partial charge in [-0.25, -0.2) is 0 Å². The van der Waals surface area contributed by atoms with Crippen molar-refractivity contribution in [2.45, 2.75) is 71.6 Å². The average molecular weight is 332 g/mol. The van der Waals surface area contributed by atoms with Gasteiger partial charge in [0.15, 0.2) is 17.3 Å². The Labute approximate surface area is 143 Å². The van der Waals surface area contributed by atoms with Crippen molar-refractivity contribution < 1.29 is 20.1 Å². The van der Waals surface area contributed by atoms with Crippen LogP contribution in [-0.4, -0.2) is 21.1 Å². The van der Waals surface area contributed by atoms with Crippen LogP contribution in [0.3, 0.4) is 0 Å². The second-order valence-corrected chi connectivity index (χ2v) is 8.80. The highest BCUT2D eigenvalue weighted by molar-refractivity contribution is 6.04. The Morgan fingerprint density at radius 1 is 1.00 bits per heavy atom. The van der Waals surface area contributed by atoms with Gasteiger partial charge in [-0.2, -0.15) is 0 Å². The lowest BCUT2D eigenvalue weighted by Crippen LogP contribution is -2.49. The maximum atomic E-state index is 12.9. The van der Waals surface area contributed by atoms with E-state index >= 15 is 0 Å². The van der Waals surface area contributed by atoms with Crippen molar-refractivity contribution in [3.8, 4) is 17.2 Å². The first-order valence-electron chi connectivity index (χ1n) is 8.86. The first-order valence-corrected chi connectivity index (χ1v) is 8.86. The van der Waals surface area contributed by atoms with Crippen LogP contribution >= 0.6 is 0 Å². The summed E-state index contributed by atoms with van der Waals surface area (Å²) in [6.45, 7) is 10.1. The van der Waals surface area contributed by atoms with Crippen LogP contribution in [0.25, 0.3) is 0 Å². The van der Waals surface area contributed by atoms with E-state index in [2.05, 4.69) is 20.8 Å². The third kappa shape index (κ3) is 2.08. The average Bonchev–Trinajstić information content (AvgIpc) is 2.45. The molecule has 0 aliphatic heterocycles. The molecule has 0 aromatic heterocycles. The molecule has 1 aromatic rings. The van der Waals surface area contributed by atoms with E-state index in [-0.39, 0.29) is 51.4 Å². The van der Waals surface area contributed by atoms with Crippen LogP contribution in [0.15, 0.2) is 0 Å². The van der Waals surface area contributed by atoms with Crippen LogP contribution in [0.2, 0.25) is 0 Å². The van der Waals surface area contributed by atoms with Gasteiger partial charge in [-0.3, -0.25) is 4.79 Å². The molecular formula is C20H28O4. The predicted octanol–water partition coefficient (Wildman–Crippen LogP) is 4.60. The molecule has 2 aliphatic carbocycles. The van der Waals surface area contributed by atoms with Crippen molar-refractivity contribution in [1.82, 2.24) is 0 Å². The number of Topliss-reactive ketones (excluding diaryl/α,β-unsaturated/α-hetero) is 1. The number of carbonyl (C=O) groups is 1. The molecule has 1 saturated carbocycles. The molecule has 0 amide bonds. The van der Waals surface area contributed by atoms with Crippen molar-refractivity contribution in [3.63, 3.8) is 0 Å². The molecule has 2 atom stereocenters. The van der Waals surface area contributed by atoms with Gasteiger partial charge in [-0.15, -0.1) is 0 Å². The molecule has 2 aliphatic rings. The second-order valence-electron chi connectivity index (χ2n) is 8.80.